The first kappa shape index (κ1) is 14.5. The van der Waals surface area contributed by atoms with Crippen molar-refractivity contribution in [2.75, 3.05) is 7.11 Å². The van der Waals surface area contributed by atoms with Crippen molar-refractivity contribution in [1.82, 2.24) is 5.32 Å². The highest BCUT2D eigenvalue weighted by atomic mass is 16.5. The van der Waals surface area contributed by atoms with Crippen molar-refractivity contribution in [2.24, 2.45) is 0 Å². The monoisotopic (exact) mass is 241 g/mol. The molecule has 0 heterocycles. The van der Waals surface area contributed by atoms with Gasteiger partial charge in [-0.25, -0.2) is 0 Å². The molecule has 1 aliphatic rings. The van der Waals surface area contributed by atoms with Crippen LogP contribution in [0.3, 0.4) is 0 Å². The van der Waals surface area contributed by atoms with Gasteiger partial charge in [0.05, 0.1) is 7.11 Å². The molecule has 3 nitrogen and oxygen atoms in total. The Labute approximate surface area is 105 Å². The molecule has 0 aromatic carbocycles. The molecule has 0 saturated heterocycles. The lowest BCUT2D eigenvalue weighted by molar-refractivity contribution is -0.149. The highest BCUT2D eigenvalue weighted by Crippen LogP contribution is 2.25. The van der Waals surface area contributed by atoms with E-state index >= 15 is 0 Å². The maximum atomic E-state index is 12.0. The highest BCUT2D eigenvalue weighted by molar-refractivity contribution is 5.80. The highest BCUT2D eigenvalue weighted by Gasteiger charge is 2.38. The van der Waals surface area contributed by atoms with Crippen molar-refractivity contribution >= 4 is 5.97 Å². The molecule has 0 amide bonds. The zero-order chi connectivity index (χ0) is 12.7. The van der Waals surface area contributed by atoms with Crippen molar-refractivity contribution in [2.45, 2.75) is 76.8 Å². The first-order valence-electron chi connectivity index (χ1n) is 7.04. The second kappa shape index (κ2) is 7.00. The van der Waals surface area contributed by atoms with E-state index in [-0.39, 0.29) is 5.97 Å². The van der Waals surface area contributed by atoms with Crippen LogP contribution in [0.2, 0.25) is 0 Å². The molecule has 3 heteroatoms. The van der Waals surface area contributed by atoms with Crippen LogP contribution in [0.15, 0.2) is 0 Å². The maximum absolute atomic E-state index is 12.0. The van der Waals surface area contributed by atoms with Gasteiger partial charge in [-0.2, -0.15) is 0 Å². The SMILES string of the molecule is CCCC(CC)(NC1CCCCC1)C(=O)OC. The summed E-state index contributed by atoms with van der Waals surface area (Å²) >= 11 is 0. The lowest BCUT2D eigenvalue weighted by Gasteiger charge is -2.36. The molecule has 0 aromatic heterocycles. The first-order chi connectivity index (χ1) is 8.18. The molecule has 0 bridgehead atoms. The zero-order valence-corrected chi connectivity index (χ0v) is 11.6. The molecule has 0 aliphatic heterocycles. The Bertz CT molecular complexity index is 236. The third kappa shape index (κ3) is 3.70. The van der Waals surface area contributed by atoms with Crippen LogP contribution in [-0.4, -0.2) is 24.7 Å². The van der Waals surface area contributed by atoms with Crippen LogP contribution in [0.4, 0.5) is 0 Å². The number of ether oxygens (including phenoxy) is 1. The Morgan fingerprint density at radius 1 is 1.29 bits per heavy atom. The molecule has 1 atom stereocenters. The molecule has 100 valence electrons. The Hall–Kier alpha value is -0.570. The fraction of sp³-hybridized carbons (Fsp3) is 0.929. The number of hydrogen-bond acceptors (Lipinski definition) is 3. The molecule has 1 fully saturated rings. The third-order valence-corrected chi connectivity index (χ3v) is 3.94. The summed E-state index contributed by atoms with van der Waals surface area (Å²) in [4.78, 5) is 12.0. The van der Waals surface area contributed by atoms with Crippen molar-refractivity contribution in [3.63, 3.8) is 0 Å². The topological polar surface area (TPSA) is 38.3 Å². The first-order valence-corrected chi connectivity index (χ1v) is 7.04. The van der Waals surface area contributed by atoms with Gasteiger partial charge in [-0.05, 0) is 25.7 Å². The van der Waals surface area contributed by atoms with Gasteiger partial charge < -0.3 is 4.74 Å². The Morgan fingerprint density at radius 2 is 1.94 bits per heavy atom. The lowest BCUT2D eigenvalue weighted by atomic mass is 9.86. The van der Waals surface area contributed by atoms with E-state index in [1.54, 1.807) is 0 Å². The van der Waals surface area contributed by atoms with Gasteiger partial charge in [0.1, 0.15) is 5.54 Å². The van der Waals surface area contributed by atoms with Crippen LogP contribution in [0.1, 0.15) is 65.2 Å². The zero-order valence-electron chi connectivity index (χ0n) is 11.6. The molecule has 1 saturated carbocycles. The number of esters is 1. The van der Waals surface area contributed by atoms with Gasteiger partial charge in [-0.1, -0.05) is 39.5 Å². The van der Waals surface area contributed by atoms with Gasteiger partial charge in [-0.3, -0.25) is 10.1 Å². The van der Waals surface area contributed by atoms with Crippen molar-refractivity contribution in [3.8, 4) is 0 Å². The van der Waals surface area contributed by atoms with Crippen LogP contribution in [0, 0.1) is 0 Å². The quantitative estimate of drug-likeness (QED) is 0.726. The fourth-order valence-electron chi connectivity index (χ4n) is 2.92. The van der Waals surface area contributed by atoms with Crippen LogP contribution < -0.4 is 5.32 Å². The minimum Gasteiger partial charge on any atom is -0.468 e. The molecule has 0 spiro atoms. The van der Waals surface area contributed by atoms with Crippen LogP contribution in [-0.2, 0) is 9.53 Å². The Kier molecular flexibility index (Phi) is 5.96. The van der Waals surface area contributed by atoms with Gasteiger partial charge in [0.2, 0.25) is 0 Å². The molecule has 1 N–H and O–H groups in total. The Balaban J connectivity index is 2.69. The van der Waals surface area contributed by atoms with E-state index in [0.717, 1.165) is 19.3 Å². The average molecular weight is 241 g/mol. The van der Waals surface area contributed by atoms with Gasteiger partial charge >= 0.3 is 5.97 Å². The molecular weight excluding hydrogens is 214 g/mol. The summed E-state index contributed by atoms with van der Waals surface area (Å²) in [6.07, 6.45) is 8.98. The van der Waals surface area contributed by atoms with Crippen molar-refractivity contribution in [3.05, 3.63) is 0 Å². The van der Waals surface area contributed by atoms with Gasteiger partial charge in [0.25, 0.3) is 0 Å². The minimum atomic E-state index is -0.453. The summed E-state index contributed by atoms with van der Waals surface area (Å²) in [5.74, 6) is -0.0903. The van der Waals surface area contributed by atoms with E-state index < -0.39 is 5.54 Å². The molecule has 0 radical (unpaired) electrons. The lowest BCUT2D eigenvalue weighted by Crippen LogP contribution is -2.56. The van der Waals surface area contributed by atoms with E-state index in [9.17, 15) is 4.79 Å². The summed E-state index contributed by atoms with van der Waals surface area (Å²) in [7, 11) is 1.49. The second-order valence-electron chi connectivity index (χ2n) is 5.16. The van der Waals surface area contributed by atoms with Gasteiger partial charge in [0.15, 0.2) is 0 Å². The fourth-order valence-corrected chi connectivity index (χ4v) is 2.92. The van der Waals surface area contributed by atoms with Crippen LogP contribution in [0.5, 0.6) is 0 Å². The van der Waals surface area contributed by atoms with Crippen LogP contribution in [0.25, 0.3) is 0 Å². The number of hydrogen-bond donors (Lipinski definition) is 1. The summed E-state index contributed by atoms with van der Waals surface area (Å²) in [6, 6.07) is 0.495. The second-order valence-corrected chi connectivity index (χ2v) is 5.16. The maximum Gasteiger partial charge on any atom is 0.326 e. The van der Waals surface area contributed by atoms with E-state index in [1.807, 2.05) is 0 Å². The number of carbonyl (C=O) groups excluding carboxylic acids is 1. The summed E-state index contributed by atoms with van der Waals surface area (Å²) in [6.45, 7) is 4.19. The number of carbonyl (C=O) groups is 1. The van der Waals surface area contributed by atoms with Crippen molar-refractivity contribution < 1.29 is 9.53 Å². The average Bonchev–Trinajstić information content (AvgIpc) is 2.38. The summed E-state index contributed by atoms with van der Waals surface area (Å²) in [5, 5.41) is 3.60. The van der Waals surface area contributed by atoms with Gasteiger partial charge in [0, 0.05) is 6.04 Å². The predicted octanol–water partition coefficient (Wildman–Crippen LogP) is 3.03. The van der Waals surface area contributed by atoms with Crippen LogP contribution >= 0.6 is 0 Å². The number of nitrogens with one attached hydrogen (secondary N) is 1. The third-order valence-electron chi connectivity index (χ3n) is 3.94. The van der Waals surface area contributed by atoms with Crippen molar-refractivity contribution in [1.29, 1.82) is 0 Å². The van der Waals surface area contributed by atoms with Gasteiger partial charge in [-0.15, -0.1) is 0 Å². The molecule has 1 aliphatic carbocycles. The molecular formula is C14H27NO2. The van der Waals surface area contributed by atoms with E-state index in [0.29, 0.717) is 6.04 Å². The predicted molar refractivity (Wildman–Crippen MR) is 70.0 cm³/mol. The standard InChI is InChI=1S/C14H27NO2/c1-4-11-14(5-2,13(16)17-3)15-12-9-7-6-8-10-12/h12,15H,4-11H2,1-3H3. The normalized spacial score (nSPS) is 20.9. The van der Waals surface area contributed by atoms with E-state index in [2.05, 4.69) is 19.2 Å². The number of methoxy groups -OCH3 is 1. The molecule has 0 aromatic rings. The largest absolute Gasteiger partial charge is 0.468 e. The molecule has 17 heavy (non-hydrogen) atoms. The smallest absolute Gasteiger partial charge is 0.326 e. The summed E-state index contributed by atoms with van der Waals surface area (Å²) < 4.78 is 5.00. The molecule has 1 rings (SSSR count). The Morgan fingerprint density at radius 3 is 2.41 bits per heavy atom. The van der Waals surface area contributed by atoms with E-state index in [1.165, 1.54) is 39.2 Å². The minimum absolute atomic E-state index is 0.0903. The number of rotatable bonds is 6. The molecule has 1 unspecified atom stereocenters. The summed E-state index contributed by atoms with van der Waals surface area (Å²) in [5.41, 5.74) is -0.453. The van der Waals surface area contributed by atoms with E-state index in [4.69, 9.17) is 4.74 Å².